The summed E-state index contributed by atoms with van der Waals surface area (Å²) in [7, 11) is 2.80. The highest BCUT2D eigenvalue weighted by Gasteiger charge is 2.16. The molecule has 170 valence electrons. The fourth-order valence-electron chi connectivity index (χ4n) is 2.96. The number of ether oxygens (including phenoxy) is 2. The summed E-state index contributed by atoms with van der Waals surface area (Å²) in [5.74, 6) is -0.606. The summed E-state index contributed by atoms with van der Waals surface area (Å²) in [6.07, 6.45) is 2.57. The predicted molar refractivity (Wildman–Crippen MR) is 119 cm³/mol. The average Bonchev–Trinajstić information content (AvgIpc) is 2.81. The molecular formula is C22H20N4O7. The van der Waals surface area contributed by atoms with E-state index in [2.05, 4.69) is 10.5 Å². The Morgan fingerprint density at radius 1 is 1.21 bits per heavy atom. The van der Waals surface area contributed by atoms with E-state index in [0.29, 0.717) is 5.75 Å². The van der Waals surface area contributed by atoms with Gasteiger partial charge >= 0.3 is 0 Å². The molecule has 33 heavy (non-hydrogen) atoms. The first-order valence-electron chi connectivity index (χ1n) is 9.55. The highest BCUT2D eigenvalue weighted by molar-refractivity contribution is 5.95. The number of hydrogen-bond donors (Lipinski definition) is 2. The quantitative estimate of drug-likeness (QED) is 0.303. The van der Waals surface area contributed by atoms with Gasteiger partial charge in [0.25, 0.3) is 17.2 Å². The van der Waals surface area contributed by atoms with E-state index in [1.165, 1.54) is 17.7 Å². The summed E-state index contributed by atoms with van der Waals surface area (Å²) in [4.78, 5) is 35.6. The van der Waals surface area contributed by atoms with Gasteiger partial charge < -0.3 is 19.1 Å². The molecule has 0 unspecified atom stereocenters. The van der Waals surface area contributed by atoms with Crippen molar-refractivity contribution in [1.82, 2.24) is 9.99 Å². The first-order chi connectivity index (χ1) is 15.8. The van der Waals surface area contributed by atoms with Crippen molar-refractivity contribution >= 4 is 17.8 Å². The van der Waals surface area contributed by atoms with Crippen molar-refractivity contribution in [2.24, 2.45) is 5.10 Å². The molecule has 0 radical (unpaired) electrons. The zero-order chi connectivity index (χ0) is 24.0. The lowest BCUT2D eigenvalue weighted by Crippen LogP contribution is -2.30. The van der Waals surface area contributed by atoms with Crippen molar-refractivity contribution in [3.05, 3.63) is 91.9 Å². The topological polar surface area (TPSA) is 145 Å². The Bertz CT molecular complexity index is 1270. The molecule has 0 atom stereocenters. The first kappa shape index (κ1) is 23.0. The Kier molecular flexibility index (Phi) is 7.03. The minimum atomic E-state index is -0.780. The van der Waals surface area contributed by atoms with Gasteiger partial charge in [-0.2, -0.15) is 5.10 Å². The second kappa shape index (κ2) is 10.1. The van der Waals surface area contributed by atoms with Crippen LogP contribution in [0.3, 0.4) is 0 Å². The zero-order valence-corrected chi connectivity index (χ0v) is 17.7. The number of rotatable bonds is 8. The van der Waals surface area contributed by atoms with Crippen LogP contribution in [-0.4, -0.2) is 40.9 Å². The maximum Gasteiger partial charge on any atom is 0.276 e. The van der Waals surface area contributed by atoms with Crippen molar-refractivity contribution in [2.75, 3.05) is 14.2 Å². The lowest BCUT2D eigenvalue weighted by molar-refractivity contribution is -0.385. The van der Waals surface area contributed by atoms with E-state index in [4.69, 9.17) is 9.47 Å². The van der Waals surface area contributed by atoms with E-state index in [0.717, 1.165) is 23.9 Å². The summed E-state index contributed by atoms with van der Waals surface area (Å²) < 4.78 is 11.4. The number of amides is 1. The number of aromatic nitrogens is 1. The Morgan fingerprint density at radius 2 is 1.94 bits per heavy atom. The fraction of sp³-hybridized carbons (Fsp3) is 0.136. The van der Waals surface area contributed by atoms with E-state index in [9.17, 15) is 24.8 Å². The van der Waals surface area contributed by atoms with Gasteiger partial charge in [0.05, 0.1) is 38.0 Å². The van der Waals surface area contributed by atoms with Crippen LogP contribution in [0.1, 0.15) is 21.5 Å². The summed E-state index contributed by atoms with van der Waals surface area (Å²) >= 11 is 0. The monoisotopic (exact) mass is 452 g/mol. The molecule has 0 aliphatic rings. The molecule has 0 spiro atoms. The van der Waals surface area contributed by atoms with Gasteiger partial charge in [0.1, 0.15) is 11.3 Å². The SMILES string of the molecule is COc1ccc(Cn2cccc(C(=O)N/N=C\c3cc([N+](=O)[O-])cc(OC)c3O)c2=O)cc1. The molecule has 1 aromatic heterocycles. The number of aromatic hydroxyl groups is 1. The van der Waals surface area contributed by atoms with Crippen molar-refractivity contribution < 1.29 is 24.3 Å². The van der Waals surface area contributed by atoms with Crippen LogP contribution in [0, 0.1) is 10.1 Å². The standard InChI is InChI=1S/C22H20N4O7/c1-32-17-7-5-14(6-8-17)13-25-9-3-4-18(22(25)29)21(28)24-23-12-15-10-16(26(30)31)11-19(33-2)20(15)27/h3-12,27H,13H2,1-2H3,(H,24,28)/b23-12-. The Balaban J connectivity index is 1.78. The third kappa shape index (κ3) is 5.34. The molecule has 3 aromatic rings. The molecular weight excluding hydrogens is 432 g/mol. The van der Waals surface area contributed by atoms with Gasteiger partial charge in [-0.25, -0.2) is 5.43 Å². The Morgan fingerprint density at radius 3 is 2.58 bits per heavy atom. The molecule has 0 saturated heterocycles. The van der Waals surface area contributed by atoms with Crippen molar-refractivity contribution in [1.29, 1.82) is 0 Å². The Hall–Kier alpha value is -4.67. The lowest BCUT2D eigenvalue weighted by Gasteiger charge is -2.08. The molecule has 0 aliphatic carbocycles. The van der Waals surface area contributed by atoms with E-state index in [1.54, 1.807) is 31.5 Å². The number of nitro benzene ring substituents is 1. The smallest absolute Gasteiger partial charge is 0.276 e. The van der Waals surface area contributed by atoms with Crippen LogP contribution in [0.4, 0.5) is 5.69 Å². The normalized spacial score (nSPS) is 10.7. The van der Waals surface area contributed by atoms with Gasteiger partial charge in [0.2, 0.25) is 0 Å². The van der Waals surface area contributed by atoms with E-state index < -0.39 is 16.4 Å². The van der Waals surface area contributed by atoms with Crippen LogP contribution < -0.4 is 20.5 Å². The van der Waals surface area contributed by atoms with Gasteiger partial charge in [-0.1, -0.05) is 12.1 Å². The molecule has 1 heterocycles. The highest BCUT2D eigenvalue weighted by atomic mass is 16.6. The second-order valence-electron chi connectivity index (χ2n) is 6.75. The molecule has 0 aliphatic heterocycles. The number of nitro groups is 1. The predicted octanol–water partition coefficient (Wildman–Crippen LogP) is 2.29. The van der Waals surface area contributed by atoms with Gasteiger partial charge in [-0.05, 0) is 29.8 Å². The maximum atomic E-state index is 12.7. The van der Waals surface area contributed by atoms with E-state index >= 15 is 0 Å². The number of nitrogens with zero attached hydrogens (tertiary/aromatic N) is 3. The molecule has 1 amide bonds. The third-order valence-electron chi connectivity index (χ3n) is 4.67. The number of carbonyl (C=O) groups excluding carboxylic acids is 1. The second-order valence-corrected chi connectivity index (χ2v) is 6.75. The first-order valence-corrected chi connectivity index (χ1v) is 9.55. The van der Waals surface area contributed by atoms with Crippen LogP contribution in [0.2, 0.25) is 0 Å². The number of hydrogen-bond acceptors (Lipinski definition) is 8. The van der Waals surface area contributed by atoms with Gasteiger partial charge in [-0.3, -0.25) is 19.7 Å². The molecule has 11 nitrogen and oxygen atoms in total. The number of hydrazone groups is 1. The zero-order valence-electron chi connectivity index (χ0n) is 17.7. The van der Waals surface area contributed by atoms with Gasteiger partial charge in [-0.15, -0.1) is 0 Å². The number of phenolic OH excluding ortho intramolecular Hbond substituents is 1. The molecule has 0 fully saturated rings. The molecule has 2 N–H and O–H groups in total. The molecule has 3 rings (SSSR count). The summed E-state index contributed by atoms with van der Waals surface area (Å²) in [6.45, 7) is 0.245. The number of benzene rings is 2. The number of methoxy groups -OCH3 is 2. The van der Waals surface area contributed by atoms with Gasteiger partial charge in [0, 0.05) is 17.8 Å². The number of carbonyl (C=O) groups is 1. The maximum absolute atomic E-state index is 12.7. The van der Waals surface area contributed by atoms with Gasteiger partial charge in [0.15, 0.2) is 11.5 Å². The number of nitrogens with one attached hydrogen (secondary N) is 1. The minimum Gasteiger partial charge on any atom is -0.504 e. The van der Waals surface area contributed by atoms with Crippen LogP contribution in [0.15, 0.2) is 64.6 Å². The third-order valence-corrected chi connectivity index (χ3v) is 4.67. The lowest BCUT2D eigenvalue weighted by atomic mass is 10.2. The summed E-state index contributed by atoms with van der Waals surface area (Å²) in [6, 6.07) is 12.2. The van der Waals surface area contributed by atoms with E-state index in [1.807, 2.05) is 12.1 Å². The van der Waals surface area contributed by atoms with Crippen LogP contribution in [0.25, 0.3) is 0 Å². The number of non-ortho nitro benzene ring substituents is 1. The van der Waals surface area contributed by atoms with Crippen LogP contribution in [-0.2, 0) is 6.54 Å². The Labute approximate surface area is 187 Å². The molecule has 11 heteroatoms. The largest absolute Gasteiger partial charge is 0.504 e. The van der Waals surface area contributed by atoms with Crippen LogP contribution in [0.5, 0.6) is 17.2 Å². The van der Waals surface area contributed by atoms with Crippen molar-refractivity contribution in [2.45, 2.75) is 6.54 Å². The van der Waals surface area contributed by atoms with E-state index in [-0.39, 0.29) is 34.9 Å². The summed E-state index contributed by atoms with van der Waals surface area (Å²) in [5, 5.41) is 24.9. The molecule has 2 aromatic carbocycles. The number of pyridine rings is 1. The minimum absolute atomic E-state index is 0.0497. The van der Waals surface area contributed by atoms with Crippen molar-refractivity contribution in [3.8, 4) is 17.2 Å². The van der Waals surface area contributed by atoms with Crippen molar-refractivity contribution in [3.63, 3.8) is 0 Å². The highest BCUT2D eigenvalue weighted by Crippen LogP contribution is 2.33. The van der Waals surface area contributed by atoms with Crippen LogP contribution >= 0.6 is 0 Å². The fourth-order valence-corrected chi connectivity index (χ4v) is 2.96. The summed E-state index contributed by atoms with van der Waals surface area (Å²) in [5.41, 5.74) is 1.97. The average molecular weight is 452 g/mol. The molecule has 0 bridgehead atoms. The molecule has 0 saturated carbocycles. The number of phenols is 1.